The summed E-state index contributed by atoms with van der Waals surface area (Å²) in [6, 6.07) is 9.26. The summed E-state index contributed by atoms with van der Waals surface area (Å²) >= 11 is 0. The van der Waals surface area contributed by atoms with Crippen LogP contribution in [0.4, 0.5) is 4.39 Å². The van der Waals surface area contributed by atoms with Crippen molar-refractivity contribution >= 4 is 22.6 Å². The van der Waals surface area contributed by atoms with Gasteiger partial charge in [-0.3, -0.25) is 9.59 Å². The van der Waals surface area contributed by atoms with E-state index in [1.54, 1.807) is 12.1 Å². The van der Waals surface area contributed by atoms with Crippen LogP contribution in [0, 0.1) is 5.82 Å². The lowest BCUT2D eigenvalue weighted by atomic mass is 9.99. The molecule has 1 fully saturated rings. The summed E-state index contributed by atoms with van der Waals surface area (Å²) in [5, 5.41) is 14.8. The molecule has 2 atom stereocenters. The van der Waals surface area contributed by atoms with Crippen molar-refractivity contribution in [3.63, 3.8) is 0 Å². The van der Waals surface area contributed by atoms with Crippen LogP contribution in [0.25, 0.3) is 10.9 Å². The normalized spacial score (nSPS) is 17.2. The molecule has 8 nitrogen and oxygen atoms in total. The van der Waals surface area contributed by atoms with E-state index in [2.05, 4.69) is 28.6 Å². The minimum atomic E-state index is -1.26. The molecule has 3 aromatic rings. The molecule has 1 amide bonds. The molecule has 37 heavy (non-hydrogen) atoms. The highest BCUT2D eigenvalue weighted by Gasteiger charge is 2.31. The smallest absolute Gasteiger partial charge is 0.292 e. The number of rotatable bonds is 8. The van der Waals surface area contributed by atoms with Crippen LogP contribution in [0.5, 0.6) is 11.5 Å². The van der Waals surface area contributed by atoms with Gasteiger partial charge in [0.25, 0.3) is 5.91 Å². The standard InChI is InChI=1S/C28H32FN3O5/c1-17(2)32-10-7-18-13-19(5-6-23(18)32)26(34)28(35)30-22(16-31-8-3-4-9-31)25(33)20-14-21(29)27-24(15-20)36-11-12-37-27/h5-7,10,13-15,17,22,25,33H,3-4,8-9,11-12,16H2,1-2H3,(H,30,35)/t22-,25-/m1/s1. The van der Waals surface area contributed by atoms with Gasteiger partial charge in [0.1, 0.15) is 19.3 Å². The first-order chi connectivity index (χ1) is 17.8. The van der Waals surface area contributed by atoms with Crippen molar-refractivity contribution in [1.29, 1.82) is 0 Å². The van der Waals surface area contributed by atoms with Gasteiger partial charge in [-0.05, 0) is 81.7 Å². The number of nitrogens with one attached hydrogen (secondary N) is 1. The number of fused-ring (bicyclic) bond motifs is 2. The van der Waals surface area contributed by atoms with Crippen LogP contribution in [-0.4, -0.2) is 65.2 Å². The number of carbonyl (C=O) groups is 2. The van der Waals surface area contributed by atoms with Gasteiger partial charge in [0.15, 0.2) is 17.3 Å². The summed E-state index contributed by atoms with van der Waals surface area (Å²) in [6.07, 6.45) is 2.73. The minimum absolute atomic E-state index is 0.0131. The van der Waals surface area contributed by atoms with Gasteiger partial charge in [-0.25, -0.2) is 4.39 Å². The second-order valence-electron chi connectivity index (χ2n) is 9.98. The molecule has 9 heteroatoms. The lowest BCUT2D eigenvalue weighted by Crippen LogP contribution is -2.48. The lowest BCUT2D eigenvalue weighted by Gasteiger charge is -2.29. The number of aliphatic hydroxyl groups excluding tert-OH is 1. The van der Waals surface area contributed by atoms with Gasteiger partial charge in [0, 0.05) is 35.2 Å². The second-order valence-corrected chi connectivity index (χ2v) is 9.98. The fraction of sp³-hybridized carbons (Fsp3) is 0.429. The molecule has 0 radical (unpaired) electrons. The molecule has 196 valence electrons. The summed E-state index contributed by atoms with van der Waals surface area (Å²) in [5.74, 6) is -1.92. The van der Waals surface area contributed by atoms with E-state index in [-0.39, 0.29) is 41.9 Å². The summed E-state index contributed by atoms with van der Waals surface area (Å²) in [6.45, 7) is 6.65. The number of hydrogen-bond donors (Lipinski definition) is 2. The van der Waals surface area contributed by atoms with Crippen LogP contribution in [0.15, 0.2) is 42.6 Å². The van der Waals surface area contributed by atoms with Crippen molar-refractivity contribution in [3.8, 4) is 11.5 Å². The molecule has 2 aromatic carbocycles. The number of aliphatic hydroxyl groups is 1. The highest BCUT2D eigenvalue weighted by molar-refractivity contribution is 6.43. The fourth-order valence-electron chi connectivity index (χ4n) is 5.12. The maximum atomic E-state index is 14.7. The predicted octanol–water partition coefficient (Wildman–Crippen LogP) is 3.63. The van der Waals surface area contributed by atoms with Gasteiger partial charge in [-0.2, -0.15) is 0 Å². The lowest BCUT2D eigenvalue weighted by molar-refractivity contribution is -0.118. The zero-order valence-electron chi connectivity index (χ0n) is 21.1. The number of halogens is 1. The molecular formula is C28H32FN3O5. The Morgan fingerprint density at radius 2 is 1.84 bits per heavy atom. The quantitative estimate of drug-likeness (QED) is 0.356. The van der Waals surface area contributed by atoms with E-state index in [4.69, 9.17) is 9.47 Å². The number of benzene rings is 2. The summed E-state index contributed by atoms with van der Waals surface area (Å²) in [4.78, 5) is 28.3. The third-order valence-corrected chi connectivity index (χ3v) is 7.06. The van der Waals surface area contributed by atoms with Gasteiger partial charge >= 0.3 is 0 Å². The van der Waals surface area contributed by atoms with Crippen molar-refractivity contribution < 1.29 is 28.6 Å². The Morgan fingerprint density at radius 1 is 1.08 bits per heavy atom. The number of amides is 1. The molecule has 1 saturated heterocycles. The Bertz CT molecular complexity index is 1310. The average molecular weight is 510 g/mol. The SMILES string of the molecule is CC(C)n1ccc2cc(C(=O)C(=O)N[C@H](CN3CCCC3)[C@H](O)c3cc(F)c4c(c3)OCCO4)ccc21. The molecule has 0 aliphatic carbocycles. The van der Waals surface area contributed by atoms with Crippen LogP contribution in [-0.2, 0) is 4.79 Å². The van der Waals surface area contributed by atoms with E-state index in [0.29, 0.717) is 6.54 Å². The van der Waals surface area contributed by atoms with E-state index in [0.717, 1.165) is 36.8 Å². The highest BCUT2D eigenvalue weighted by Crippen LogP contribution is 2.36. The van der Waals surface area contributed by atoms with Crippen molar-refractivity contribution in [1.82, 2.24) is 14.8 Å². The Labute approximate surface area is 215 Å². The summed E-state index contributed by atoms with van der Waals surface area (Å²) < 4.78 is 27.6. The largest absolute Gasteiger partial charge is 0.486 e. The van der Waals surface area contributed by atoms with E-state index in [9.17, 15) is 19.1 Å². The Hall–Kier alpha value is -3.43. The van der Waals surface area contributed by atoms with E-state index >= 15 is 0 Å². The molecule has 0 saturated carbocycles. The molecule has 2 N–H and O–H groups in total. The van der Waals surface area contributed by atoms with E-state index in [1.165, 1.54) is 12.1 Å². The maximum Gasteiger partial charge on any atom is 0.292 e. The third kappa shape index (κ3) is 5.19. The minimum Gasteiger partial charge on any atom is -0.486 e. The first kappa shape index (κ1) is 25.2. The number of ketones is 1. The number of ether oxygens (including phenoxy) is 2. The molecule has 0 spiro atoms. The summed E-state index contributed by atoms with van der Waals surface area (Å²) in [5.41, 5.74) is 1.50. The molecule has 0 unspecified atom stereocenters. The van der Waals surface area contributed by atoms with Gasteiger partial charge in [0.2, 0.25) is 5.78 Å². The van der Waals surface area contributed by atoms with Gasteiger partial charge in [-0.15, -0.1) is 0 Å². The number of Topliss-reactive ketones (excluding diaryl/α,β-unsaturated/α-hetero) is 1. The third-order valence-electron chi connectivity index (χ3n) is 7.06. The van der Waals surface area contributed by atoms with E-state index < -0.39 is 29.7 Å². The van der Waals surface area contributed by atoms with Crippen LogP contribution in [0.2, 0.25) is 0 Å². The molecule has 5 rings (SSSR count). The number of likely N-dealkylation sites (tertiary alicyclic amines) is 1. The molecule has 1 aromatic heterocycles. The van der Waals surface area contributed by atoms with Crippen LogP contribution >= 0.6 is 0 Å². The Kier molecular flexibility index (Phi) is 7.17. The summed E-state index contributed by atoms with van der Waals surface area (Å²) in [7, 11) is 0. The predicted molar refractivity (Wildman–Crippen MR) is 137 cm³/mol. The van der Waals surface area contributed by atoms with Crippen LogP contribution in [0.3, 0.4) is 0 Å². The topological polar surface area (TPSA) is 93.0 Å². The first-order valence-corrected chi connectivity index (χ1v) is 12.8. The van der Waals surface area contributed by atoms with Crippen LogP contribution < -0.4 is 14.8 Å². The van der Waals surface area contributed by atoms with E-state index in [1.807, 2.05) is 18.3 Å². The van der Waals surface area contributed by atoms with Crippen molar-refractivity contribution in [3.05, 3.63) is 59.5 Å². The Balaban J connectivity index is 1.38. The Morgan fingerprint density at radius 3 is 2.59 bits per heavy atom. The molecule has 2 aliphatic heterocycles. The fourth-order valence-corrected chi connectivity index (χ4v) is 5.12. The maximum absolute atomic E-state index is 14.7. The van der Waals surface area contributed by atoms with Crippen molar-refractivity contribution in [2.24, 2.45) is 0 Å². The average Bonchev–Trinajstić information content (AvgIpc) is 3.57. The zero-order valence-corrected chi connectivity index (χ0v) is 21.1. The number of aromatic nitrogens is 1. The number of carbonyl (C=O) groups excluding carboxylic acids is 2. The zero-order chi connectivity index (χ0) is 26.1. The van der Waals surface area contributed by atoms with Gasteiger partial charge < -0.3 is 29.4 Å². The second kappa shape index (κ2) is 10.5. The van der Waals surface area contributed by atoms with Crippen LogP contribution in [0.1, 0.15) is 54.8 Å². The molecule has 0 bridgehead atoms. The molecule has 2 aliphatic rings. The van der Waals surface area contributed by atoms with Gasteiger partial charge in [0.05, 0.1) is 6.04 Å². The van der Waals surface area contributed by atoms with Crippen molar-refractivity contribution in [2.75, 3.05) is 32.8 Å². The highest BCUT2D eigenvalue weighted by atomic mass is 19.1. The number of hydrogen-bond acceptors (Lipinski definition) is 6. The first-order valence-electron chi connectivity index (χ1n) is 12.8. The molecular weight excluding hydrogens is 477 g/mol. The monoisotopic (exact) mass is 509 g/mol. The van der Waals surface area contributed by atoms with Crippen molar-refractivity contribution in [2.45, 2.75) is 44.9 Å². The van der Waals surface area contributed by atoms with Gasteiger partial charge in [-0.1, -0.05) is 0 Å². The molecule has 3 heterocycles. The number of nitrogens with zero attached hydrogens (tertiary/aromatic N) is 2.